The molecular weight excluding hydrogens is 232 g/mol. The Balaban J connectivity index is 2.37. The van der Waals surface area contributed by atoms with E-state index in [-0.39, 0.29) is 11.6 Å². The standard InChI is InChI=1S/C13H16N2OS/c1-8(2)10-6-5-9(13(16)15-10)12(14)11-4-3-7-17-11/h3-8,12H,14H2,1-2H3,(H,15,16). The van der Waals surface area contributed by atoms with Gasteiger partial charge < -0.3 is 10.7 Å². The maximum Gasteiger partial charge on any atom is 0.253 e. The van der Waals surface area contributed by atoms with E-state index in [1.165, 1.54) is 0 Å². The van der Waals surface area contributed by atoms with Crippen molar-refractivity contribution in [3.05, 3.63) is 56.1 Å². The molecule has 0 aliphatic heterocycles. The van der Waals surface area contributed by atoms with Gasteiger partial charge in [-0.25, -0.2) is 0 Å². The van der Waals surface area contributed by atoms with Gasteiger partial charge in [0.2, 0.25) is 0 Å². The summed E-state index contributed by atoms with van der Waals surface area (Å²) < 4.78 is 0. The molecule has 3 N–H and O–H groups in total. The van der Waals surface area contributed by atoms with Crippen molar-refractivity contribution >= 4 is 11.3 Å². The Hall–Kier alpha value is -1.39. The van der Waals surface area contributed by atoms with Gasteiger partial charge in [0.1, 0.15) is 0 Å². The fraction of sp³-hybridized carbons (Fsp3) is 0.308. The van der Waals surface area contributed by atoms with Crippen LogP contribution in [0.3, 0.4) is 0 Å². The van der Waals surface area contributed by atoms with E-state index in [4.69, 9.17) is 5.73 Å². The van der Waals surface area contributed by atoms with Crippen molar-refractivity contribution in [3.63, 3.8) is 0 Å². The second-order valence-electron chi connectivity index (χ2n) is 4.35. The number of nitrogens with one attached hydrogen (secondary N) is 1. The largest absolute Gasteiger partial charge is 0.326 e. The molecule has 0 amide bonds. The number of rotatable bonds is 3. The third kappa shape index (κ3) is 2.48. The van der Waals surface area contributed by atoms with Crippen LogP contribution in [-0.4, -0.2) is 4.98 Å². The van der Waals surface area contributed by atoms with Crippen LogP contribution in [0.2, 0.25) is 0 Å². The van der Waals surface area contributed by atoms with Crippen LogP contribution in [0.4, 0.5) is 0 Å². The van der Waals surface area contributed by atoms with Gasteiger partial charge in [0, 0.05) is 16.1 Å². The van der Waals surface area contributed by atoms with Crippen molar-refractivity contribution in [2.45, 2.75) is 25.8 Å². The summed E-state index contributed by atoms with van der Waals surface area (Å²) >= 11 is 1.57. The lowest BCUT2D eigenvalue weighted by Crippen LogP contribution is -2.23. The van der Waals surface area contributed by atoms with Crippen molar-refractivity contribution in [1.29, 1.82) is 0 Å². The smallest absolute Gasteiger partial charge is 0.253 e. The summed E-state index contributed by atoms with van der Waals surface area (Å²) in [6.07, 6.45) is 0. The zero-order chi connectivity index (χ0) is 12.4. The molecule has 0 saturated heterocycles. The molecule has 90 valence electrons. The number of nitrogens with two attached hydrogens (primary N) is 1. The number of H-pyrrole nitrogens is 1. The zero-order valence-electron chi connectivity index (χ0n) is 9.94. The third-order valence-corrected chi connectivity index (χ3v) is 3.72. The molecule has 17 heavy (non-hydrogen) atoms. The number of thiophene rings is 1. The number of pyridine rings is 1. The number of hydrogen-bond donors (Lipinski definition) is 2. The van der Waals surface area contributed by atoms with Crippen molar-refractivity contribution in [3.8, 4) is 0 Å². The van der Waals surface area contributed by atoms with Gasteiger partial charge in [0.25, 0.3) is 5.56 Å². The van der Waals surface area contributed by atoms with E-state index < -0.39 is 0 Å². The van der Waals surface area contributed by atoms with E-state index in [2.05, 4.69) is 4.98 Å². The lowest BCUT2D eigenvalue weighted by molar-refractivity contribution is 0.795. The Morgan fingerprint density at radius 3 is 2.59 bits per heavy atom. The van der Waals surface area contributed by atoms with Crippen LogP contribution in [-0.2, 0) is 0 Å². The first-order chi connectivity index (χ1) is 8.09. The lowest BCUT2D eigenvalue weighted by Gasteiger charge is -2.11. The second-order valence-corrected chi connectivity index (χ2v) is 5.33. The van der Waals surface area contributed by atoms with Gasteiger partial charge in [-0.15, -0.1) is 11.3 Å². The van der Waals surface area contributed by atoms with Crippen molar-refractivity contribution in [1.82, 2.24) is 4.98 Å². The van der Waals surface area contributed by atoms with Gasteiger partial charge in [-0.1, -0.05) is 19.9 Å². The van der Waals surface area contributed by atoms with E-state index in [9.17, 15) is 4.79 Å². The molecule has 0 aromatic carbocycles. The minimum absolute atomic E-state index is 0.0860. The molecule has 0 aliphatic carbocycles. The van der Waals surface area contributed by atoms with Gasteiger partial charge >= 0.3 is 0 Å². The number of hydrogen-bond acceptors (Lipinski definition) is 3. The van der Waals surface area contributed by atoms with E-state index in [1.807, 2.05) is 43.5 Å². The van der Waals surface area contributed by atoms with E-state index in [0.717, 1.165) is 10.6 Å². The van der Waals surface area contributed by atoms with Gasteiger partial charge in [-0.05, 0) is 29.5 Å². The monoisotopic (exact) mass is 248 g/mol. The summed E-state index contributed by atoms with van der Waals surface area (Å²) in [6.45, 7) is 4.09. The lowest BCUT2D eigenvalue weighted by atomic mass is 10.0. The van der Waals surface area contributed by atoms with Crippen molar-refractivity contribution < 1.29 is 0 Å². The van der Waals surface area contributed by atoms with Crippen LogP contribution < -0.4 is 11.3 Å². The first-order valence-electron chi connectivity index (χ1n) is 5.61. The van der Waals surface area contributed by atoms with Crippen LogP contribution in [0, 0.1) is 0 Å². The Bertz CT molecular complexity index is 543. The second kappa shape index (κ2) is 4.85. The van der Waals surface area contributed by atoms with Gasteiger partial charge in [-0.3, -0.25) is 4.79 Å². The van der Waals surface area contributed by atoms with Crippen molar-refractivity contribution in [2.75, 3.05) is 0 Å². The third-order valence-electron chi connectivity index (χ3n) is 2.77. The van der Waals surface area contributed by atoms with Crippen molar-refractivity contribution in [2.24, 2.45) is 5.73 Å². The average Bonchev–Trinajstić information content (AvgIpc) is 2.81. The van der Waals surface area contributed by atoms with E-state index >= 15 is 0 Å². The van der Waals surface area contributed by atoms with Crippen LogP contribution in [0.15, 0.2) is 34.4 Å². The highest BCUT2D eigenvalue weighted by Crippen LogP contribution is 2.21. The van der Waals surface area contributed by atoms with Crippen LogP contribution in [0.1, 0.15) is 41.9 Å². The van der Waals surface area contributed by atoms with Gasteiger partial charge in [-0.2, -0.15) is 0 Å². The molecule has 0 saturated carbocycles. The SMILES string of the molecule is CC(C)c1ccc(C(N)c2cccs2)c(=O)[nH]1. The Labute approximate surface area is 104 Å². The fourth-order valence-corrected chi connectivity index (χ4v) is 2.45. The molecule has 0 fully saturated rings. The highest BCUT2D eigenvalue weighted by atomic mass is 32.1. The maximum absolute atomic E-state index is 12.0. The van der Waals surface area contributed by atoms with Crippen LogP contribution in [0.25, 0.3) is 0 Å². The molecular formula is C13H16N2OS. The highest BCUT2D eigenvalue weighted by Gasteiger charge is 2.14. The molecule has 2 aromatic heterocycles. The molecule has 1 atom stereocenters. The average molecular weight is 248 g/mol. The van der Waals surface area contributed by atoms with Gasteiger partial charge in [0.05, 0.1) is 6.04 Å². The Morgan fingerprint density at radius 1 is 1.29 bits per heavy atom. The van der Waals surface area contributed by atoms with E-state index in [1.54, 1.807) is 11.3 Å². The number of aromatic nitrogens is 1. The predicted molar refractivity (Wildman–Crippen MR) is 71.5 cm³/mol. The molecule has 2 rings (SSSR count). The zero-order valence-corrected chi connectivity index (χ0v) is 10.8. The molecule has 0 aliphatic rings. The molecule has 0 radical (unpaired) electrons. The summed E-state index contributed by atoms with van der Waals surface area (Å²) in [7, 11) is 0. The van der Waals surface area contributed by atoms with Crippen LogP contribution >= 0.6 is 11.3 Å². The Morgan fingerprint density at radius 2 is 2.06 bits per heavy atom. The molecule has 2 heterocycles. The molecule has 1 unspecified atom stereocenters. The summed E-state index contributed by atoms with van der Waals surface area (Å²) in [5.41, 5.74) is 7.56. The van der Waals surface area contributed by atoms with Crippen LogP contribution in [0.5, 0.6) is 0 Å². The summed E-state index contributed by atoms with van der Waals surface area (Å²) in [6, 6.07) is 7.33. The molecule has 0 spiro atoms. The van der Waals surface area contributed by atoms with E-state index in [0.29, 0.717) is 11.5 Å². The Kier molecular flexibility index (Phi) is 3.45. The minimum atomic E-state index is -0.333. The van der Waals surface area contributed by atoms with Gasteiger partial charge in [0.15, 0.2) is 0 Å². The molecule has 3 nitrogen and oxygen atoms in total. The quantitative estimate of drug-likeness (QED) is 0.877. The summed E-state index contributed by atoms with van der Waals surface area (Å²) in [4.78, 5) is 15.8. The molecule has 2 aromatic rings. The maximum atomic E-state index is 12.0. The fourth-order valence-electron chi connectivity index (χ4n) is 1.70. The highest BCUT2D eigenvalue weighted by molar-refractivity contribution is 7.10. The predicted octanol–water partition coefficient (Wildman–Crippen LogP) is 2.61. The number of aromatic amines is 1. The molecule has 0 bridgehead atoms. The summed E-state index contributed by atoms with van der Waals surface area (Å²) in [5, 5.41) is 1.96. The topological polar surface area (TPSA) is 58.9 Å². The molecule has 4 heteroatoms. The first kappa shape index (κ1) is 12.1. The normalized spacial score (nSPS) is 12.9. The first-order valence-corrected chi connectivity index (χ1v) is 6.49. The summed E-state index contributed by atoms with van der Waals surface area (Å²) in [5.74, 6) is 0.315. The minimum Gasteiger partial charge on any atom is -0.326 e.